The number of hydrogen-bond acceptors (Lipinski definition) is 7. The normalized spacial score (nSPS) is 10.1. The Bertz CT molecular complexity index is 867. The number of methoxy groups -OCH3 is 1. The molecule has 9 heteroatoms. The van der Waals surface area contributed by atoms with Crippen LogP contribution >= 0.6 is 0 Å². The average molecular weight is 388 g/mol. The lowest BCUT2D eigenvalue weighted by Crippen LogP contribution is -2.32. The summed E-state index contributed by atoms with van der Waals surface area (Å²) in [6, 6.07) is 11.1. The first-order valence-corrected chi connectivity index (χ1v) is 8.36. The summed E-state index contributed by atoms with van der Waals surface area (Å²) < 4.78 is 15.2. The summed E-state index contributed by atoms with van der Waals surface area (Å²) in [4.78, 5) is 33.8. The van der Waals surface area contributed by atoms with Crippen molar-refractivity contribution in [2.45, 2.75) is 6.92 Å². The lowest BCUT2D eigenvalue weighted by atomic mass is 10.2. The zero-order valence-electron chi connectivity index (χ0n) is 15.5. The summed E-state index contributed by atoms with van der Waals surface area (Å²) in [5.41, 5.74) is 0.646. The van der Waals surface area contributed by atoms with Crippen molar-refractivity contribution in [1.82, 2.24) is 5.32 Å². The highest BCUT2D eigenvalue weighted by Gasteiger charge is 2.19. The zero-order valence-corrected chi connectivity index (χ0v) is 15.5. The molecular formula is C19H20N2O7. The SMILES string of the molecule is COC(=O)c1ccc(OCC(=O)NCCOc2cccc(C)c2)c([N+](=O)[O-])c1. The molecule has 0 aliphatic rings. The lowest BCUT2D eigenvalue weighted by molar-refractivity contribution is -0.385. The molecule has 0 radical (unpaired) electrons. The molecule has 0 bridgehead atoms. The van der Waals surface area contributed by atoms with Crippen molar-refractivity contribution in [3.8, 4) is 11.5 Å². The van der Waals surface area contributed by atoms with Crippen LogP contribution in [0.4, 0.5) is 5.69 Å². The second-order valence-electron chi connectivity index (χ2n) is 5.73. The van der Waals surface area contributed by atoms with Crippen LogP contribution in [0.15, 0.2) is 42.5 Å². The maximum Gasteiger partial charge on any atom is 0.338 e. The third kappa shape index (κ3) is 5.97. The highest BCUT2D eigenvalue weighted by atomic mass is 16.6. The Balaban J connectivity index is 1.83. The fourth-order valence-corrected chi connectivity index (χ4v) is 2.29. The van der Waals surface area contributed by atoms with E-state index in [1.54, 1.807) is 0 Å². The van der Waals surface area contributed by atoms with Gasteiger partial charge in [0.25, 0.3) is 5.91 Å². The molecule has 2 aromatic rings. The monoisotopic (exact) mass is 388 g/mol. The van der Waals surface area contributed by atoms with Crippen LogP contribution in [0.25, 0.3) is 0 Å². The van der Waals surface area contributed by atoms with Gasteiger partial charge in [0.05, 0.1) is 24.1 Å². The number of nitrogens with one attached hydrogen (secondary N) is 1. The van der Waals surface area contributed by atoms with Crippen molar-refractivity contribution < 1.29 is 28.7 Å². The second-order valence-corrected chi connectivity index (χ2v) is 5.73. The van der Waals surface area contributed by atoms with Crippen LogP contribution in [0, 0.1) is 17.0 Å². The molecule has 0 fully saturated rings. The maximum absolute atomic E-state index is 11.8. The average Bonchev–Trinajstić information content (AvgIpc) is 2.69. The number of ether oxygens (including phenoxy) is 3. The molecule has 0 unspecified atom stereocenters. The molecule has 28 heavy (non-hydrogen) atoms. The van der Waals surface area contributed by atoms with Gasteiger partial charge in [0, 0.05) is 6.07 Å². The van der Waals surface area contributed by atoms with Crippen molar-refractivity contribution in [3.05, 3.63) is 63.7 Å². The largest absolute Gasteiger partial charge is 0.492 e. The van der Waals surface area contributed by atoms with Gasteiger partial charge >= 0.3 is 11.7 Å². The summed E-state index contributed by atoms with van der Waals surface area (Å²) in [6.07, 6.45) is 0. The van der Waals surface area contributed by atoms with Gasteiger partial charge in [0.15, 0.2) is 12.4 Å². The van der Waals surface area contributed by atoms with Crippen molar-refractivity contribution in [2.75, 3.05) is 26.9 Å². The van der Waals surface area contributed by atoms with Crippen molar-refractivity contribution in [1.29, 1.82) is 0 Å². The Labute approximate surface area is 161 Å². The molecule has 0 atom stereocenters. The number of carbonyl (C=O) groups is 2. The van der Waals surface area contributed by atoms with Gasteiger partial charge in [0.1, 0.15) is 12.4 Å². The Kier molecular flexibility index (Phi) is 7.32. The molecule has 2 aromatic carbocycles. The molecule has 1 amide bonds. The van der Waals surface area contributed by atoms with Gasteiger partial charge in [-0.05, 0) is 36.8 Å². The van der Waals surface area contributed by atoms with Crippen molar-refractivity contribution in [3.63, 3.8) is 0 Å². The number of hydrogen-bond donors (Lipinski definition) is 1. The molecule has 2 rings (SSSR count). The summed E-state index contributed by atoms with van der Waals surface area (Å²) in [5.74, 6) is -0.587. The van der Waals surface area contributed by atoms with Gasteiger partial charge in [-0.2, -0.15) is 0 Å². The Morgan fingerprint density at radius 2 is 1.93 bits per heavy atom. The molecule has 0 spiro atoms. The fourth-order valence-electron chi connectivity index (χ4n) is 2.29. The van der Waals surface area contributed by atoms with E-state index in [2.05, 4.69) is 10.1 Å². The minimum Gasteiger partial charge on any atom is -0.492 e. The fraction of sp³-hybridized carbons (Fsp3) is 0.263. The lowest BCUT2D eigenvalue weighted by Gasteiger charge is -2.10. The number of nitro benzene ring substituents is 1. The van der Waals surface area contributed by atoms with E-state index in [1.165, 1.54) is 19.2 Å². The molecule has 0 aliphatic heterocycles. The summed E-state index contributed by atoms with van der Waals surface area (Å²) in [6.45, 7) is 2.05. The molecule has 0 aromatic heterocycles. The van der Waals surface area contributed by atoms with E-state index >= 15 is 0 Å². The third-order valence-corrected chi connectivity index (χ3v) is 3.62. The van der Waals surface area contributed by atoms with Gasteiger partial charge in [-0.15, -0.1) is 0 Å². The van der Waals surface area contributed by atoms with Crippen LogP contribution in [0.3, 0.4) is 0 Å². The number of carbonyl (C=O) groups excluding carboxylic acids is 2. The van der Waals surface area contributed by atoms with Crippen LogP contribution in [0.2, 0.25) is 0 Å². The highest BCUT2D eigenvalue weighted by molar-refractivity contribution is 5.90. The van der Waals surface area contributed by atoms with Gasteiger partial charge < -0.3 is 19.5 Å². The Hall–Kier alpha value is -3.62. The summed E-state index contributed by atoms with van der Waals surface area (Å²) in [5, 5.41) is 13.7. The van der Waals surface area contributed by atoms with E-state index in [0.717, 1.165) is 11.6 Å². The first-order valence-electron chi connectivity index (χ1n) is 8.36. The third-order valence-electron chi connectivity index (χ3n) is 3.62. The number of rotatable bonds is 9. The molecule has 0 heterocycles. The second kappa shape index (κ2) is 9.91. The first-order chi connectivity index (χ1) is 13.4. The molecule has 148 valence electrons. The Morgan fingerprint density at radius 1 is 1.14 bits per heavy atom. The molecule has 0 aliphatic carbocycles. The van der Waals surface area contributed by atoms with Gasteiger partial charge in [-0.25, -0.2) is 4.79 Å². The van der Waals surface area contributed by atoms with Crippen molar-refractivity contribution in [2.24, 2.45) is 0 Å². The van der Waals surface area contributed by atoms with E-state index in [9.17, 15) is 19.7 Å². The van der Waals surface area contributed by atoms with E-state index in [1.807, 2.05) is 31.2 Å². The molecule has 0 saturated heterocycles. The number of amides is 1. The smallest absolute Gasteiger partial charge is 0.338 e. The number of benzene rings is 2. The van der Waals surface area contributed by atoms with E-state index in [-0.39, 0.29) is 24.5 Å². The summed E-state index contributed by atoms with van der Waals surface area (Å²) >= 11 is 0. The number of nitro groups is 1. The van der Waals surface area contributed by atoms with E-state index < -0.39 is 29.1 Å². The topological polar surface area (TPSA) is 117 Å². The van der Waals surface area contributed by atoms with Crippen LogP contribution in [-0.4, -0.2) is 43.7 Å². The summed E-state index contributed by atoms with van der Waals surface area (Å²) in [7, 11) is 1.17. The van der Waals surface area contributed by atoms with Crippen LogP contribution in [-0.2, 0) is 9.53 Å². The number of nitrogens with zero attached hydrogens (tertiary/aromatic N) is 1. The number of esters is 1. The predicted molar refractivity (Wildman–Crippen MR) is 99.6 cm³/mol. The number of aryl methyl sites for hydroxylation is 1. The van der Waals surface area contributed by atoms with Gasteiger partial charge in [-0.3, -0.25) is 14.9 Å². The van der Waals surface area contributed by atoms with Crippen LogP contribution in [0.1, 0.15) is 15.9 Å². The molecule has 9 nitrogen and oxygen atoms in total. The van der Waals surface area contributed by atoms with Crippen LogP contribution in [0.5, 0.6) is 11.5 Å². The minimum absolute atomic E-state index is 0.0132. The van der Waals surface area contributed by atoms with E-state index in [0.29, 0.717) is 5.75 Å². The maximum atomic E-state index is 11.8. The first kappa shape index (κ1) is 20.7. The molecular weight excluding hydrogens is 368 g/mol. The molecule has 1 N–H and O–H groups in total. The van der Waals surface area contributed by atoms with Crippen molar-refractivity contribution >= 4 is 17.6 Å². The standard InChI is InChI=1S/C19H20N2O7/c1-13-4-3-5-15(10-13)27-9-8-20-18(22)12-28-17-7-6-14(19(23)26-2)11-16(17)21(24)25/h3-7,10-11H,8-9,12H2,1-2H3,(H,20,22). The minimum atomic E-state index is -0.707. The predicted octanol–water partition coefficient (Wildman–Crippen LogP) is 2.26. The van der Waals surface area contributed by atoms with Gasteiger partial charge in [0.2, 0.25) is 0 Å². The zero-order chi connectivity index (χ0) is 20.5. The van der Waals surface area contributed by atoms with E-state index in [4.69, 9.17) is 9.47 Å². The molecule has 0 saturated carbocycles. The van der Waals surface area contributed by atoms with Gasteiger partial charge in [-0.1, -0.05) is 12.1 Å². The Morgan fingerprint density at radius 3 is 2.61 bits per heavy atom. The quantitative estimate of drug-likeness (QED) is 0.303. The highest BCUT2D eigenvalue weighted by Crippen LogP contribution is 2.28. The van der Waals surface area contributed by atoms with Crippen LogP contribution < -0.4 is 14.8 Å².